The van der Waals surface area contributed by atoms with Crippen molar-refractivity contribution in [1.29, 1.82) is 0 Å². The van der Waals surface area contributed by atoms with Gasteiger partial charge in [-0.1, -0.05) is 51.1 Å². The SMILES string of the molecule is CC[C@H]1C(=O)N[C@@H](CC(C)C)CN1C(=O)[C@@H]1C[C@H]1c1ccccc1. The van der Waals surface area contributed by atoms with Crippen molar-refractivity contribution in [3.05, 3.63) is 35.9 Å². The number of benzene rings is 1. The molecule has 4 heteroatoms. The quantitative estimate of drug-likeness (QED) is 0.903. The molecule has 1 saturated heterocycles. The van der Waals surface area contributed by atoms with Gasteiger partial charge in [0.15, 0.2) is 0 Å². The van der Waals surface area contributed by atoms with Crippen molar-refractivity contribution in [2.45, 2.75) is 58.0 Å². The molecule has 3 rings (SSSR count). The molecule has 1 aliphatic heterocycles. The molecular formula is C20H28N2O2. The summed E-state index contributed by atoms with van der Waals surface area (Å²) < 4.78 is 0. The predicted octanol–water partition coefficient (Wildman–Crippen LogP) is 2.94. The second-order valence-corrected chi connectivity index (χ2v) is 7.61. The number of hydrogen-bond acceptors (Lipinski definition) is 2. The Balaban J connectivity index is 1.71. The van der Waals surface area contributed by atoms with E-state index < -0.39 is 0 Å². The topological polar surface area (TPSA) is 49.4 Å². The van der Waals surface area contributed by atoms with Crippen LogP contribution in [0.3, 0.4) is 0 Å². The molecule has 2 amide bonds. The average Bonchev–Trinajstić information content (AvgIpc) is 3.34. The highest BCUT2D eigenvalue weighted by Crippen LogP contribution is 2.48. The van der Waals surface area contributed by atoms with Gasteiger partial charge in [0.1, 0.15) is 6.04 Å². The fourth-order valence-corrected chi connectivity index (χ4v) is 3.95. The number of amides is 2. The molecule has 2 aliphatic rings. The maximum atomic E-state index is 13.0. The minimum atomic E-state index is -0.307. The predicted molar refractivity (Wildman–Crippen MR) is 94.5 cm³/mol. The lowest BCUT2D eigenvalue weighted by molar-refractivity contribution is -0.146. The Labute approximate surface area is 144 Å². The summed E-state index contributed by atoms with van der Waals surface area (Å²) in [6.07, 6.45) is 2.50. The summed E-state index contributed by atoms with van der Waals surface area (Å²) in [5.41, 5.74) is 1.24. The van der Waals surface area contributed by atoms with Crippen LogP contribution in [0.4, 0.5) is 0 Å². The van der Waals surface area contributed by atoms with Crippen LogP contribution in [0.15, 0.2) is 30.3 Å². The first-order valence-electron chi connectivity index (χ1n) is 9.17. The minimum absolute atomic E-state index is 0.0136. The Morgan fingerprint density at radius 1 is 1.29 bits per heavy atom. The van der Waals surface area contributed by atoms with Gasteiger partial charge in [0.05, 0.1) is 0 Å². The normalized spacial score (nSPS) is 29.5. The highest BCUT2D eigenvalue weighted by atomic mass is 16.2. The zero-order valence-electron chi connectivity index (χ0n) is 14.9. The van der Waals surface area contributed by atoms with Crippen molar-refractivity contribution in [1.82, 2.24) is 10.2 Å². The van der Waals surface area contributed by atoms with Gasteiger partial charge in [0.2, 0.25) is 11.8 Å². The van der Waals surface area contributed by atoms with Crippen molar-refractivity contribution in [3.8, 4) is 0 Å². The van der Waals surface area contributed by atoms with Gasteiger partial charge in [-0.05, 0) is 36.7 Å². The summed E-state index contributed by atoms with van der Waals surface area (Å²) in [7, 11) is 0. The van der Waals surface area contributed by atoms with Crippen molar-refractivity contribution >= 4 is 11.8 Å². The molecule has 4 atom stereocenters. The smallest absolute Gasteiger partial charge is 0.243 e. The highest BCUT2D eigenvalue weighted by molar-refractivity contribution is 5.91. The molecule has 1 aliphatic carbocycles. The molecule has 1 N–H and O–H groups in total. The lowest BCUT2D eigenvalue weighted by atomic mass is 9.97. The van der Waals surface area contributed by atoms with E-state index in [0.29, 0.717) is 24.8 Å². The molecule has 4 nitrogen and oxygen atoms in total. The Bertz CT molecular complexity index is 599. The molecule has 24 heavy (non-hydrogen) atoms. The van der Waals surface area contributed by atoms with E-state index in [1.807, 2.05) is 30.0 Å². The van der Waals surface area contributed by atoms with Crippen molar-refractivity contribution in [2.75, 3.05) is 6.54 Å². The summed E-state index contributed by atoms with van der Waals surface area (Å²) in [4.78, 5) is 27.3. The number of rotatable bonds is 5. The Morgan fingerprint density at radius 3 is 2.62 bits per heavy atom. The molecule has 0 bridgehead atoms. The molecule has 1 aromatic rings. The molecule has 1 aromatic carbocycles. The summed E-state index contributed by atoms with van der Waals surface area (Å²) in [6, 6.07) is 10.0. The number of piperazine rings is 1. The third-order valence-electron chi connectivity index (χ3n) is 5.20. The maximum absolute atomic E-state index is 13.0. The van der Waals surface area contributed by atoms with Crippen molar-refractivity contribution in [2.24, 2.45) is 11.8 Å². The van der Waals surface area contributed by atoms with Gasteiger partial charge in [-0.3, -0.25) is 9.59 Å². The summed E-state index contributed by atoms with van der Waals surface area (Å²) in [6.45, 7) is 6.93. The second kappa shape index (κ2) is 6.96. The van der Waals surface area contributed by atoms with Crippen LogP contribution in [-0.2, 0) is 9.59 Å². The zero-order chi connectivity index (χ0) is 17.3. The summed E-state index contributed by atoms with van der Waals surface area (Å²) in [5, 5.41) is 3.10. The molecule has 0 aromatic heterocycles. The lowest BCUT2D eigenvalue weighted by Gasteiger charge is -2.40. The molecule has 2 fully saturated rings. The van der Waals surface area contributed by atoms with E-state index in [2.05, 4.69) is 31.3 Å². The maximum Gasteiger partial charge on any atom is 0.243 e. The summed E-state index contributed by atoms with van der Waals surface area (Å²) in [5.74, 6) is 1.05. The van der Waals surface area contributed by atoms with Crippen LogP contribution in [0.25, 0.3) is 0 Å². The van der Waals surface area contributed by atoms with Gasteiger partial charge < -0.3 is 10.2 Å². The van der Waals surface area contributed by atoms with Gasteiger partial charge in [-0.15, -0.1) is 0 Å². The Hall–Kier alpha value is -1.84. The summed E-state index contributed by atoms with van der Waals surface area (Å²) >= 11 is 0. The molecule has 0 radical (unpaired) electrons. The monoisotopic (exact) mass is 328 g/mol. The minimum Gasteiger partial charge on any atom is -0.350 e. The van der Waals surface area contributed by atoms with E-state index in [-0.39, 0.29) is 29.8 Å². The third-order valence-corrected chi connectivity index (χ3v) is 5.20. The fraction of sp³-hybridized carbons (Fsp3) is 0.600. The van der Waals surface area contributed by atoms with Gasteiger partial charge in [-0.2, -0.15) is 0 Å². The molecule has 1 heterocycles. The number of carbonyl (C=O) groups is 2. The van der Waals surface area contributed by atoms with Gasteiger partial charge >= 0.3 is 0 Å². The first-order chi connectivity index (χ1) is 11.5. The largest absolute Gasteiger partial charge is 0.350 e. The number of nitrogens with zero attached hydrogens (tertiary/aromatic N) is 1. The zero-order valence-corrected chi connectivity index (χ0v) is 14.9. The van der Waals surface area contributed by atoms with Crippen molar-refractivity contribution < 1.29 is 9.59 Å². The third kappa shape index (κ3) is 3.47. The van der Waals surface area contributed by atoms with Crippen LogP contribution in [0.5, 0.6) is 0 Å². The Kier molecular flexibility index (Phi) is 4.93. The van der Waals surface area contributed by atoms with Crippen LogP contribution in [0, 0.1) is 11.8 Å². The van der Waals surface area contributed by atoms with Gasteiger partial charge in [0, 0.05) is 18.5 Å². The highest BCUT2D eigenvalue weighted by Gasteiger charge is 2.48. The molecule has 130 valence electrons. The van der Waals surface area contributed by atoms with E-state index in [1.54, 1.807) is 0 Å². The van der Waals surface area contributed by atoms with Crippen LogP contribution >= 0.6 is 0 Å². The van der Waals surface area contributed by atoms with Crippen LogP contribution in [0.2, 0.25) is 0 Å². The average molecular weight is 328 g/mol. The van der Waals surface area contributed by atoms with E-state index in [0.717, 1.165) is 12.8 Å². The fourth-order valence-electron chi connectivity index (χ4n) is 3.95. The lowest BCUT2D eigenvalue weighted by Crippen LogP contribution is -2.61. The van der Waals surface area contributed by atoms with Crippen LogP contribution in [-0.4, -0.2) is 35.3 Å². The second-order valence-electron chi connectivity index (χ2n) is 7.61. The van der Waals surface area contributed by atoms with E-state index in [4.69, 9.17) is 0 Å². The van der Waals surface area contributed by atoms with Gasteiger partial charge in [0.25, 0.3) is 0 Å². The van der Waals surface area contributed by atoms with Crippen molar-refractivity contribution in [3.63, 3.8) is 0 Å². The van der Waals surface area contributed by atoms with Gasteiger partial charge in [-0.25, -0.2) is 0 Å². The Morgan fingerprint density at radius 2 is 2.00 bits per heavy atom. The number of hydrogen-bond donors (Lipinski definition) is 1. The van der Waals surface area contributed by atoms with Crippen LogP contribution in [0.1, 0.15) is 51.5 Å². The number of nitrogens with one attached hydrogen (secondary N) is 1. The number of carbonyl (C=O) groups excluding carboxylic acids is 2. The first-order valence-corrected chi connectivity index (χ1v) is 9.17. The van der Waals surface area contributed by atoms with E-state index >= 15 is 0 Å². The molecule has 0 unspecified atom stereocenters. The van der Waals surface area contributed by atoms with E-state index in [1.165, 1.54) is 5.56 Å². The molecular weight excluding hydrogens is 300 g/mol. The standard InChI is InChI=1S/C20H28N2O2/c1-4-18-19(23)21-15(10-13(2)3)12-22(18)20(24)17-11-16(17)14-8-6-5-7-9-14/h5-9,13,15-18H,4,10-12H2,1-3H3,(H,21,23)/t15-,16-,17+,18-/m0/s1. The van der Waals surface area contributed by atoms with Crippen LogP contribution < -0.4 is 5.32 Å². The molecule has 0 spiro atoms. The first kappa shape index (κ1) is 17.0. The van der Waals surface area contributed by atoms with E-state index in [9.17, 15) is 9.59 Å². The molecule has 1 saturated carbocycles.